The number of benzene rings is 1. The number of rotatable bonds is 6. The van der Waals surface area contributed by atoms with Crippen molar-refractivity contribution < 1.29 is 24.2 Å². The molecule has 0 spiro atoms. The van der Waals surface area contributed by atoms with E-state index < -0.39 is 5.91 Å². The molecule has 6 nitrogen and oxygen atoms in total. The van der Waals surface area contributed by atoms with Crippen molar-refractivity contribution in [3.05, 3.63) is 29.3 Å². The number of ketones is 1. The number of aliphatic hydroxyl groups is 1. The molecule has 0 aromatic heterocycles. The van der Waals surface area contributed by atoms with Gasteiger partial charge < -0.3 is 19.5 Å². The molecule has 1 heterocycles. The number of Topliss-reactive ketones (excluding diaryl/α,β-unsaturated/α-hetero) is 1. The highest BCUT2D eigenvalue weighted by Gasteiger charge is 2.38. The van der Waals surface area contributed by atoms with Gasteiger partial charge in [0.1, 0.15) is 22.8 Å². The molecule has 130 valence electrons. The number of hydrogen-bond acceptors (Lipinski definition) is 5. The molecule has 0 saturated carbocycles. The highest BCUT2D eigenvalue weighted by Crippen LogP contribution is 2.33. The van der Waals surface area contributed by atoms with E-state index in [0.717, 1.165) is 0 Å². The fourth-order valence-electron chi connectivity index (χ4n) is 2.58. The second-order valence-electron chi connectivity index (χ2n) is 5.70. The molecule has 0 aliphatic carbocycles. The van der Waals surface area contributed by atoms with Crippen LogP contribution in [0.1, 0.15) is 33.3 Å². The lowest BCUT2D eigenvalue weighted by atomic mass is 10.1. The number of amides is 1. The van der Waals surface area contributed by atoms with E-state index in [2.05, 4.69) is 0 Å². The maximum absolute atomic E-state index is 12.4. The van der Waals surface area contributed by atoms with Gasteiger partial charge in [0.15, 0.2) is 5.78 Å². The van der Waals surface area contributed by atoms with Gasteiger partial charge in [0.05, 0.1) is 25.3 Å². The van der Waals surface area contributed by atoms with Crippen molar-refractivity contribution >= 4 is 17.4 Å². The van der Waals surface area contributed by atoms with Gasteiger partial charge >= 0.3 is 0 Å². The summed E-state index contributed by atoms with van der Waals surface area (Å²) in [6.45, 7) is 8.19. The Balaban J connectivity index is 2.49. The Bertz CT molecular complexity index is 678. The van der Waals surface area contributed by atoms with E-state index in [-0.39, 0.29) is 29.7 Å². The predicted molar refractivity (Wildman–Crippen MR) is 90.2 cm³/mol. The number of aliphatic hydroxyl groups excluding tert-OH is 1. The first kappa shape index (κ1) is 17.8. The molecule has 1 aromatic carbocycles. The Morgan fingerprint density at radius 2 is 1.88 bits per heavy atom. The molecule has 2 rings (SSSR count). The molecule has 0 atom stereocenters. The van der Waals surface area contributed by atoms with Crippen LogP contribution < -0.4 is 9.47 Å². The van der Waals surface area contributed by atoms with Gasteiger partial charge in [0, 0.05) is 12.1 Å². The van der Waals surface area contributed by atoms with Gasteiger partial charge in [0.25, 0.3) is 5.91 Å². The molecule has 6 heteroatoms. The third-order valence-electron chi connectivity index (χ3n) is 3.75. The molecule has 1 amide bonds. The monoisotopic (exact) mass is 333 g/mol. The molecule has 1 N–H and O–H groups in total. The standard InChI is InChI=1S/C18H23NO5/c1-5-23-12-7-8-13(15(9-12)24-6-2)17(21)16-14(20)10-19(11(3)4)18(16)22/h7-9,11,21H,5-6,10H2,1-4H3/b17-16-. The minimum Gasteiger partial charge on any atom is -0.506 e. The van der Waals surface area contributed by atoms with Gasteiger partial charge in [-0.2, -0.15) is 0 Å². The lowest BCUT2D eigenvalue weighted by Crippen LogP contribution is -2.32. The fraction of sp³-hybridized carbons (Fsp3) is 0.444. The highest BCUT2D eigenvalue weighted by atomic mass is 16.5. The van der Waals surface area contributed by atoms with Crippen molar-refractivity contribution in [1.82, 2.24) is 4.90 Å². The second kappa shape index (κ2) is 7.38. The largest absolute Gasteiger partial charge is 0.506 e. The van der Waals surface area contributed by atoms with E-state index in [9.17, 15) is 14.7 Å². The molecule has 1 fully saturated rings. The van der Waals surface area contributed by atoms with Gasteiger partial charge in [-0.3, -0.25) is 9.59 Å². The summed E-state index contributed by atoms with van der Waals surface area (Å²) >= 11 is 0. The number of likely N-dealkylation sites (tertiary alicyclic amines) is 1. The zero-order valence-electron chi connectivity index (χ0n) is 14.5. The van der Waals surface area contributed by atoms with E-state index in [1.807, 2.05) is 27.7 Å². The van der Waals surface area contributed by atoms with Crippen molar-refractivity contribution in [2.75, 3.05) is 19.8 Å². The van der Waals surface area contributed by atoms with Crippen molar-refractivity contribution in [2.45, 2.75) is 33.7 Å². The molecule has 0 unspecified atom stereocenters. The van der Waals surface area contributed by atoms with E-state index in [0.29, 0.717) is 30.3 Å². The van der Waals surface area contributed by atoms with Crippen LogP contribution in [0.5, 0.6) is 11.5 Å². The maximum atomic E-state index is 12.4. The minimum atomic E-state index is -0.455. The van der Waals surface area contributed by atoms with Crippen LogP contribution in [0, 0.1) is 0 Å². The van der Waals surface area contributed by atoms with Crippen LogP contribution in [-0.2, 0) is 9.59 Å². The van der Waals surface area contributed by atoms with Crippen LogP contribution in [0.2, 0.25) is 0 Å². The first-order chi connectivity index (χ1) is 11.4. The van der Waals surface area contributed by atoms with Gasteiger partial charge in [-0.15, -0.1) is 0 Å². The molecule has 0 radical (unpaired) electrons. The molecule has 24 heavy (non-hydrogen) atoms. The van der Waals surface area contributed by atoms with Gasteiger partial charge in [-0.25, -0.2) is 0 Å². The summed E-state index contributed by atoms with van der Waals surface area (Å²) in [7, 11) is 0. The van der Waals surface area contributed by atoms with E-state index >= 15 is 0 Å². The van der Waals surface area contributed by atoms with Crippen LogP contribution in [0.4, 0.5) is 0 Å². The van der Waals surface area contributed by atoms with Crippen molar-refractivity contribution in [1.29, 1.82) is 0 Å². The molecule has 1 saturated heterocycles. The average molecular weight is 333 g/mol. The number of carbonyl (C=O) groups is 2. The molecule has 1 aliphatic heterocycles. The number of carbonyl (C=O) groups excluding carboxylic acids is 2. The first-order valence-corrected chi connectivity index (χ1v) is 8.08. The summed E-state index contributed by atoms with van der Waals surface area (Å²) in [5, 5.41) is 10.6. The van der Waals surface area contributed by atoms with Gasteiger partial charge in [0.2, 0.25) is 0 Å². The first-order valence-electron chi connectivity index (χ1n) is 8.08. The third kappa shape index (κ3) is 3.37. The van der Waals surface area contributed by atoms with Crippen LogP contribution in [0.3, 0.4) is 0 Å². The third-order valence-corrected chi connectivity index (χ3v) is 3.75. The van der Waals surface area contributed by atoms with Crippen LogP contribution >= 0.6 is 0 Å². The normalized spacial score (nSPS) is 16.8. The minimum absolute atomic E-state index is 0.0170. The fourth-order valence-corrected chi connectivity index (χ4v) is 2.58. The zero-order chi connectivity index (χ0) is 17.9. The highest BCUT2D eigenvalue weighted by molar-refractivity contribution is 6.28. The van der Waals surface area contributed by atoms with Gasteiger partial charge in [-0.1, -0.05) is 0 Å². The summed E-state index contributed by atoms with van der Waals surface area (Å²) in [6, 6.07) is 4.79. The lowest BCUT2D eigenvalue weighted by molar-refractivity contribution is -0.126. The Morgan fingerprint density at radius 1 is 1.21 bits per heavy atom. The summed E-state index contributed by atoms with van der Waals surface area (Å²) < 4.78 is 11.0. The summed E-state index contributed by atoms with van der Waals surface area (Å²) in [6.07, 6.45) is 0. The molecule has 0 bridgehead atoms. The smallest absolute Gasteiger partial charge is 0.262 e. The Morgan fingerprint density at radius 3 is 2.42 bits per heavy atom. The van der Waals surface area contributed by atoms with Crippen LogP contribution in [0.15, 0.2) is 23.8 Å². The van der Waals surface area contributed by atoms with E-state index in [1.165, 1.54) is 4.90 Å². The quantitative estimate of drug-likeness (QED) is 0.492. The maximum Gasteiger partial charge on any atom is 0.262 e. The van der Waals surface area contributed by atoms with Crippen LogP contribution in [-0.4, -0.2) is 47.5 Å². The summed E-state index contributed by atoms with van der Waals surface area (Å²) in [5.41, 5.74) is 0.122. The van der Waals surface area contributed by atoms with Gasteiger partial charge in [-0.05, 0) is 39.8 Å². The summed E-state index contributed by atoms with van der Waals surface area (Å²) in [5.74, 6) is -0.224. The van der Waals surface area contributed by atoms with Crippen molar-refractivity contribution in [3.63, 3.8) is 0 Å². The Hall–Kier alpha value is -2.50. The summed E-state index contributed by atoms with van der Waals surface area (Å²) in [4.78, 5) is 26.1. The lowest BCUT2D eigenvalue weighted by Gasteiger charge is -2.18. The topological polar surface area (TPSA) is 76.1 Å². The number of ether oxygens (including phenoxy) is 2. The molecule has 1 aromatic rings. The van der Waals surface area contributed by atoms with E-state index in [1.54, 1.807) is 18.2 Å². The number of nitrogens with zero attached hydrogens (tertiary/aromatic N) is 1. The van der Waals surface area contributed by atoms with E-state index in [4.69, 9.17) is 9.47 Å². The van der Waals surface area contributed by atoms with Crippen molar-refractivity contribution in [2.24, 2.45) is 0 Å². The molecular weight excluding hydrogens is 310 g/mol. The Labute approximate surface area is 141 Å². The number of hydrogen-bond donors (Lipinski definition) is 1. The Kier molecular flexibility index (Phi) is 5.49. The van der Waals surface area contributed by atoms with Crippen molar-refractivity contribution in [3.8, 4) is 11.5 Å². The zero-order valence-corrected chi connectivity index (χ0v) is 14.5. The second-order valence-corrected chi connectivity index (χ2v) is 5.70. The predicted octanol–water partition coefficient (Wildman–Crippen LogP) is 2.57. The van der Waals surface area contributed by atoms with Crippen LogP contribution in [0.25, 0.3) is 5.76 Å². The average Bonchev–Trinajstić information content (AvgIpc) is 2.83. The SMILES string of the molecule is CCOc1ccc(/C(O)=C2\C(=O)CN(C(C)C)C2=O)c(OCC)c1. The molecule has 1 aliphatic rings. The molecular formula is C18H23NO5.